The lowest BCUT2D eigenvalue weighted by Crippen LogP contribution is -2.59. The zero-order valence-electron chi connectivity index (χ0n) is 18.5. The maximum atomic E-state index is 13.8. The molecule has 3 fully saturated rings. The van der Waals surface area contributed by atoms with Gasteiger partial charge in [-0.3, -0.25) is 14.5 Å². The van der Waals surface area contributed by atoms with Crippen LogP contribution in [0.1, 0.15) is 44.6 Å². The van der Waals surface area contributed by atoms with Crippen LogP contribution >= 0.6 is 11.6 Å². The van der Waals surface area contributed by atoms with Crippen LogP contribution in [0.4, 0.5) is 0 Å². The lowest BCUT2D eigenvalue weighted by molar-refractivity contribution is -0.145. The van der Waals surface area contributed by atoms with Crippen molar-refractivity contribution < 1.29 is 14.3 Å². The molecule has 6 nitrogen and oxygen atoms in total. The summed E-state index contributed by atoms with van der Waals surface area (Å²) in [4.78, 5) is 32.9. The highest BCUT2D eigenvalue weighted by Crippen LogP contribution is 2.38. The van der Waals surface area contributed by atoms with Gasteiger partial charge in [-0.15, -0.1) is 0 Å². The monoisotopic (exact) mass is 447 g/mol. The molecule has 4 rings (SSSR count). The number of hydrogen-bond donors (Lipinski definition) is 0. The van der Waals surface area contributed by atoms with Crippen molar-refractivity contribution in [2.24, 2.45) is 0 Å². The van der Waals surface area contributed by atoms with E-state index < -0.39 is 5.41 Å². The number of carbonyl (C=O) groups excluding carboxylic acids is 2. The fourth-order valence-corrected chi connectivity index (χ4v) is 5.47. The maximum absolute atomic E-state index is 13.8. The van der Waals surface area contributed by atoms with Crippen molar-refractivity contribution in [3.63, 3.8) is 0 Å². The van der Waals surface area contributed by atoms with E-state index in [1.54, 1.807) is 0 Å². The minimum Gasteiger partial charge on any atom is -0.381 e. The normalized spacial score (nSPS) is 23.4. The second kappa shape index (κ2) is 9.88. The molecule has 1 aromatic rings. The summed E-state index contributed by atoms with van der Waals surface area (Å²) in [7, 11) is 0. The molecule has 31 heavy (non-hydrogen) atoms. The molecule has 0 saturated carbocycles. The van der Waals surface area contributed by atoms with Crippen LogP contribution in [0.3, 0.4) is 0 Å². The Balaban J connectivity index is 1.42. The van der Waals surface area contributed by atoms with E-state index in [0.717, 1.165) is 44.6 Å². The molecule has 0 aromatic heterocycles. The number of carbonyl (C=O) groups is 2. The van der Waals surface area contributed by atoms with Crippen LogP contribution in [-0.4, -0.2) is 85.0 Å². The first-order valence-corrected chi connectivity index (χ1v) is 12.0. The summed E-state index contributed by atoms with van der Waals surface area (Å²) in [5, 5.41) is 0.658. The van der Waals surface area contributed by atoms with E-state index in [0.29, 0.717) is 44.2 Å². The van der Waals surface area contributed by atoms with Crippen LogP contribution in [0.15, 0.2) is 24.3 Å². The summed E-state index contributed by atoms with van der Waals surface area (Å²) < 4.78 is 5.59. The molecule has 1 atom stereocenters. The summed E-state index contributed by atoms with van der Waals surface area (Å²) in [5.41, 5.74) is 0.421. The van der Waals surface area contributed by atoms with Gasteiger partial charge in [0, 0.05) is 57.5 Å². The molecule has 0 aliphatic carbocycles. The summed E-state index contributed by atoms with van der Waals surface area (Å²) in [6.07, 6.45) is 4.79. The second-order valence-electron chi connectivity index (χ2n) is 9.09. The summed E-state index contributed by atoms with van der Waals surface area (Å²) in [6.45, 7) is 7.71. The Morgan fingerprint density at radius 3 is 2.29 bits per heavy atom. The van der Waals surface area contributed by atoms with Crippen molar-refractivity contribution in [3.8, 4) is 0 Å². The molecule has 0 spiro atoms. The van der Waals surface area contributed by atoms with E-state index in [1.165, 1.54) is 6.42 Å². The fourth-order valence-electron chi connectivity index (χ4n) is 5.28. The van der Waals surface area contributed by atoms with Crippen LogP contribution in [0.25, 0.3) is 0 Å². The molecule has 0 bridgehead atoms. The predicted octanol–water partition coefficient (Wildman–Crippen LogP) is 2.93. The molecule has 2 amide bonds. The number of amides is 2. The third kappa shape index (κ3) is 4.76. The van der Waals surface area contributed by atoms with Crippen LogP contribution in [0.2, 0.25) is 5.02 Å². The van der Waals surface area contributed by atoms with Gasteiger partial charge < -0.3 is 14.5 Å². The average molecular weight is 448 g/mol. The highest BCUT2D eigenvalue weighted by molar-refractivity contribution is 6.30. The minimum atomic E-state index is -0.569. The van der Waals surface area contributed by atoms with Crippen LogP contribution in [-0.2, 0) is 19.7 Å². The van der Waals surface area contributed by atoms with Gasteiger partial charge in [0.15, 0.2) is 0 Å². The van der Waals surface area contributed by atoms with Gasteiger partial charge in [0.25, 0.3) is 0 Å². The SMILES string of the molecule is CC(C(=O)N1CCCCC1)N1CCN(C(=O)C2(c3cccc(Cl)c3)CCOCC2)CC1. The first-order valence-electron chi connectivity index (χ1n) is 11.7. The molecule has 3 heterocycles. The summed E-state index contributed by atoms with van der Waals surface area (Å²) in [6, 6.07) is 7.60. The van der Waals surface area contributed by atoms with Crippen molar-refractivity contribution in [3.05, 3.63) is 34.9 Å². The Kier molecular flexibility index (Phi) is 7.19. The number of nitrogens with zero attached hydrogens (tertiary/aromatic N) is 3. The fraction of sp³-hybridized carbons (Fsp3) is 0.667. The van der Waals surface area contributed by atoms with Gasteiger partial charge in [-0.1, -0.05) is 23.7 Å². The van der Waals surface area contributed by atoms with Crippen LogP contribution in [0, 0.1) is 0 Å². The molecule has 3 saturated heterocycles. The lowest BCUT2D eigenvalue weighted by Gasteiger charge is -2.44. The van der Waals surface area contributed by atoms with Gasteiger partial charge in [0.05, 0.1) is 11.5 Å². The smallest absolute Gasteiger partial charge is 0.239 e. The quantitative estimate of drug-likeness (QED) is 0.712. The molecule has 1 unspecified atom stereocenters. The van der Waals surface area contributed by atoms with Crippen molar-refractivity contribution in [2.75, 3.05) is 52.5 Å². The molecule has 3 aliphatic rings. The van der Waals surface area contributed by atoms with E-state index >= 15 is 0 Å². The Labute approximate surface area is 190 Å². The van der Waals surface area contributed by atoms with Crippen molar-refractivity contribution in [1.29, 1.82) is 0 Å². The number of halogens is 1. The number of ether oxygens (including phenoxy) is 1. The summed E-state index contributed by atoms with van der Waals surface area (Å²) in [5.74, 6) is 0.409. The molecule has 1 aromatic carbocycles. The van der Waals surface area contributed by atoms with Gasteiger partial charge in [0.1, 0.15) is 0 Å². The predicted molar refractivity (Wildman–Crippen MR) is 121 cm³/mol. The van der Waals surface area contributed by atoms with Crippen molar-refractivity contribution >= 4 is 23.4 Å². The van der Waals surface area contributed by atoms with Crippen LogP contribution in [0.5, 0.6) is 0 Å². The Hall–Kier alpha value is -1.63. The van der Waals surface area contributed by atoms with Gasteiger partial charge in [0.2, 0.25) is 11.8 Å². The lowest BCUT2D eigenvalue weighted by atomic mass is 9.73. The molecule has 0 radical (unpaired) electrons. The first-order chi connectivity index (χ1) is 15.0. The molecular weight excluding hydrogens is 414 g/mol. The number of rotatable bonds is 4. The van der Waals surface area contributed by atoms with Gasteiger partial charge in [-0.25, -0.2) is 0 Å². The Morgan fingerprint density at radius 2 is 1.65 bits per heavy atom. The Morgan fingerprint density at radius 1 is 0.968 bits per heavy atom. The molecule has 170 valence electrons. The van der Waals surface area contributed by atoms with E-state index in [4.69, 9.17) is 16.3 Å². The number of piperidine rings is 1. The third-order valence-electron chi connectivity index (χ3n) is 7.31. The largest absolute Gasteiger partial charge is 0.381 e. The summed E-state index contributed by atoms with van der Waals surface area (Å²) >= 11 is 6.27. The highest BCUT2D eigenvalue weighted by atomic mass is 35.5. The number of benzene rings is 1. The van der Waals surface area contributed by atoms with Gasteiger partial charge >= 0.3 is 0 Å². The minimum absolute atomic E-state index is 0.125. The first kappa shape index (κ1) is 22.6. The number of hydrogen-bond acceptors (Lipinski definition) is 4. The second-order valence-corrected chi connectivity index (χ2v) is 9.53. The van der Waals surface area contributed by atoms with Crippen molar-refractivity contribution in [1.82, 2.24) is 14.7 Å². The average Bonchev–Trinajstić information content (AvgIpc) is 2.83. The topological polar surface area (TPSA) is 53.1 Å². The van der Waals surface area contributed by atoms with E-state index in [9.17, 15) is 9.59 Å². The van der Waals surface area contributed by atoms with E-state index in [1.807, 2.05) is 41.0 Å². The molecule has 0 N–H and O–H groups in total. The standard InChI is InChI=1S/C24H34ClN3O3/c1-19(22(29)27-10-3-2-4-11-27)26-12-14-28(15-13-26)23(30)24(8-16-31-17-9-24)20-6-5-7-21(25)18-20/h5-7,18-19H,2-4,8-17H2,1H3. The zero-order valence-corrected chi connectivity index (χ0v) is 19.3. The van der Waals surface area contributed by atoms with Gasteiger partial charge in [-0.2, -0.15) is 0 Å². The molecular formula is C24H34ClN3O3. The van der Waals surface area contributed by atoms with E-state index in [2.05, 4.69) is 4.90 Å². The maximum Gasteiger partial charge on any atom is 0.239 e. The molecule has 7 heteroatoms. The number of likely N-dealkylation sites (tertiary alicyclic amines) is 1. The third-order valence-corrected chi connectivity index (χ3v) is 7.54. The zero-order chi connectivity index (χ0) is 21.8. The van der Waals surface area contributed by atoms with E-state index in [-0.39, 0.29) is 17.9 Å². The highest BCUT2D eigenvalue weighted by Gasteiger charge is 2.45. The van der Waals surface area contributed by atoms with Crippen molar-refractivity contribution in [2.45, 2.75) is 50.5 Å². The van der Waals surface area contributed by atoms with Gasteiger partial charge in [-0.05, 0) is 56.7 Å². The molecule has 3 aliphatic heterocycles. The Bertz CT molecular complexity index is 782. The van der Waals surface area contributed by atoms with Crippen LogP contribution < -0.4 is 0 Å². The number of piperazine rings is 1.